The molecule has 2 aromatic heterocycles. The normalized spacial score (nSPS) is 11.4. The first-order valence-electron chi connectivity index (χ1n) is 8.77. The van der Waals surface area contributed by atoms with Gasteiger partial charge in [0.15, 0.2) is 11.6 Å². The number of terminal acetylenes is 1. The molecule has 4 aromatic rings. The highest BCUT2D eigenvalue weighted by Crippen LogP contribution is 2.38. The molecule has 0 radical (unpaired) electrons. The number of nitrogens with zero attached hydrogens (tertiary/aromatic N) is 1. The number of nitrogens with one attached hydrogen (secondary N) is 1. The summed E-state index contributed by atoms with van der Waals surface area (Å²) >= 11 is 0. The average molecular weight is 392 g/mol. The third kappa shape index (κ3) is 3.55. The number of hydrogen-bond donors (Lipinski definition) is 1. The van der Waals surface area contributed by atoms with Gasteiger partial charge in [-0.2, -0.15) is 13.2 Å². The van der Waals surface area contributed by atoms with Crippen molar-refractivity contribution in [2.24, 2.45) is 0 Å². The van der Waals surface area contributed by atoms with E-state index in [-0.39, 0.29) is 11.3 Å². The fourth-order valence-corrected chi connectivity index (χ4v) is 3.15. The van der Waals surface area contributed by atoms with Gasteiger partial charge >= 0.3 is 6.18 Å². The van der Waals surface area contributed by atoms with Crippen molar-refractivity contribution in [1.82, 2.24) is 9.97 Å². The first kappa shape index (κ1) is 18.6. The van der Waals surface area contributed by atoms with E-state index in [0.29, 0.717) is 11.6 Å². The number of halogens is 3. The summed E-state index contributed by atoms with van der Waals surface area (Å²) in [6, 6.07) is 15.8. The summed E-state index contributed by atoms with van der Waals surface area (Å²) in [5, 5.41) is 0. The Bertz CT molecular complexity index is 1210. The number of aromatic nitrogens is 2. The molecule has 0 aliphatic heterocycles. The Balaban J connectivity index is 1.71. The highest BCUT2D eigenvalue weighted by atomic mass is 19.4. The molecule has 0 bridgehead atoms. The Morgan fingerprint density at radius 3 is 2.34 bits per heavy atom. The number of aryl methyl sites for hydroxylation is 1. The van der Waals surface area contributed by atoms with Gasteiger partial charge < -0.3 is 9.40 Å². The van der Waals surface area contributed by atoms with Crippen LogP contribution in [-0.2, 0) is 6.18 Å². The zero-order valence-electron chi connectivity index (χ0n) is 15.3. The number of rotatable bonds is 3. The molecule has 0 aliphatic carbocycles. The minimum atomic E-state index is -4.47. The molecule has 144 valence electrons. The number of benzene rings is 2. The van der Waals surface area contributed by atoms with Crippen LogP contribution in [0.4, 0.5) is 13.2 Å². The Morgan fingerprint density at radius 1 is 0.966 bits per heavy atom. The van der Waals surface area contributed by atoms with E-state index in [1.165, 1.54) is 18.2 Å². The summed E-state index contributed by atoms with van der Waals surface area (Å²) < 4.78 is 45.6. The molecule has 2 aromatic carbocycles. The summed E-state index contributed by atoms with van der Waals surface area (Å²) in [5.41, 5.74) is 2.43. The lowest BCUT2D eigenvalue weighted by molar-refractivity contribution is -0.137. The molecule has 6 heteroatoms. The van der Waals surface area contributed by atoms with E-state index >= 15 is 0 Å². The van der Waals surface area contributed by atoms with Gasteiger partial charge in [-0.25, -0.2) is 4.98 Å². The molecule has 0 unspecified atom stereocenters. The van der Waals surface area contributed by atoms with Crippen LogP contribution in [-0.4, -0.2) is 9.97 Å². The highest BCUT2D eigenvalue weighted by molar-refractivity contribution is 5.69. The lowest BCUT2D eigenvalue weighted by Crippen LogP contribution is -2.06. The van der Waals surface area contributed by atoms with Crippen molar-refractivity contribution in [3.05, 3.63) is 77.5 Å². The molecule has 0 amide bonds. The third-order valence-corrected chi connectivity index (χ3v) is 4.56. The number of imidazole rings is 1. The zero-order chi connectivity index (χ0) is 20.6. The van der Waals surface area contributed by atoms with Crippen LogP contribution in [0.25, 0.3) is 34.2 Å². The molecule has 0 saturated carbocycles. The molecule has 3 nitrogen and oxygen atoms in total. The van der Waals surface area contributed by atoms with Crippen molar-refractivity contribution in [2.45, 2.75) is 13.1 Å². The van der Waals surface area contributed by atoms with Crippen LogP contribution in [0.15, 0.2) is 65.1 Å². The van der Waals surface area contributed by atoms with E-state index in [9.17, 15) is 13.2 Å². The Labute approximate surface area is 165 Å². The van der Waals surface area contributed by atoms with Crippen molar-refractivity contribution < 1.29 is 17.6 Å². The number of alkyl halides is 3. The number of hydrogen-bond acceptors (Lipinski definition) is 2. The van der Waals surface area contributed by atoms with Gasteiger partial charge in [-0.1, -0.05) is 36.3 Å². The number of furan rings is 1. The topological polar surface area (TPSA) is 41.8 Å². The average Bonchev–Trinajstić information content (AvgIpc) is 3.34. The third-order valence-electron chi connectivity index (χ3n) is 4.56. The predicted molar refractivity (Wildman–Crippen MR) is 105 cm³/mol. The van der Waals surface area contributed by atoms with Gasteiger partial charge in [0.2, 0.25) is 0 Å². The Hall–Kier alpha value is -3.72. The van der Waals surface area contributed by atoms with Gasteiger partial charge in [0.05, 0.1) is 17.0 Å². The van der Waals surface area contributed by atoms with Gasteiger partial charge in [0.1, 0.15) is 5.76 Å². The highest BCUT2D eigenvalue weighted by Gasteiger charge is 2.34. The smallest absolute Gasteiger partial charge is 0.417 e. The summed E-state index contributed by atoms with van der Waals surface area (Å²) in [7, 11) is 0. The first-order valence-corrected chi connectivity index (χ1v) is 8.77. The van der Waals surface area contributed by atoms with Gasteiger partial charge in [-0.05, 0) is 42.8 Å². The molecule has 29 heavy (non-hydrogen) atoms. The molecule has 2 heterocycles. The summed E-state index contributed by atoms with van der Waals surface area (Å²) in [6.45, 7) is 1.84. The largest absolute Gasteiger partial charge is 0.453 e. The summed E-state index contributed by atoms with van der Waals surface area (Å²) in [6.07, 6.45) is 0.914. The van der Waals surface area contributed by atoms with Crippen LogP contribution in [0.2, 0.25) is 0 Å². The van der Waals surface area contributed by atoms with E-state index < -0.39 is 11.7 Å². The molecule has 4 rings (SSSR count). The van der Waals surface area contributed by atoms with Crippen molar-refractivity contribution in [2.75, 3.05) is 0 Å². The number of H-pyrrole nitrogens is 1. The molecule has 0 saturated heterocycles. The van der Waals surface area contributed by atoms with E-state index in [2.05, 4.69) is 15.9 Å². The maximum absolute atomic E-state index is 13.3. The van der Waals surface area contributed by atoms with Gasteiger partial charge in [-0.3, -0.25) is 0 Å². The fraction of sp³-hybridized carbons (Fsp3) is 0.0870. The van der Waals surface area contributed by atoms with Crippen molar-refractivity contribution in [3.63, 3.8) is 0 Å². The molecular weight excluding hydrogens is 377 g/mol. The van der Waals surface area contributed by atoms with Crippen molar-refractivity contribution >= 4 is 0 Å². The van der Waals surface area contributed by atoms with E-state index in [0.717, 1.165) is 28.6 Å². The maximum Gasteiger partial charge on any atom is 0.417 e. The fourth-order valence-electron chi connectivity index (χ4n) is 3.15. The second-order valence-corrected chi connectivity index (χ2v) is 6.47. The van der Waals surface area contributed by atoms with Gasteiger partial charge in [0.25, 0.3) is 0 Å². The van der Waals surface area contributed by atoms with Crippen LogP contribution >= 0.6 is 0 Å². The lowest BCUT2D eigenvalue weighted by Gasteiger charge is -2.10. The Morgan fingerprint density at radius 2 is 1.66 bits per heavy atom. The quantitative estimate of drug-likeness (QED) is 0.415. The van der Waals surface area contributed by atoms with Crippen molar-refractivity contribution in [1.29, 1.82) is 0 Å². The van der Waals surface area contributed by atoms with E-state index in [1.54, 1.807) is 12.1 Å². The second kappa shape index (κ2) is 7.02. The summed E-state index contributed by atoms with van der Waals surface area (Å²) in [5.74, 6) is 3.48. The molecule has 0 aliphatic rings. The van der Waals surface area contributed by atoms with Crippen molar-refractivity contribution in [3.8, 4) is 46.5 Å². The molecular formula is C23H15F3N2O. The van der Waals surface area contributed by atoms with Gasteiger partial charge in [0, 0.05) is 11.1 Å². The lowest BCUT2D eigenvalue weighted by atomic mass is 10.1. The van der Waals surface area contributed by atoms with Crippen LogP contribution in [0.1, 0.15) is 16.8 Å². The monoisotopic (exact) mass is 392 g/mol. The maximum atomic E-state index is 13.3. The van der Waals surface area contributed by atoms with E-state index in [4.69, 9.17) is 10.8 Å². The van der Waals surface area contributed by atoms with Crippen LogP contribution in [0.5, 0.6) is 0 Å². The molecule has 0 spiro atoms. The van der Waals surface area contributed by atoms with Crippen LogP contribution in [0, 0.1) is 19.3 Å². The SMILES string of the molecule is C#Cc1ccc(-c2[nH]c(-c3ccc(-c4ccccc4C(F)(F)F)o3)nc2C)cc1. The minimum Gasteiger partial charge on any atom is -0.453 e. The Kier molecular flexibility index (Phi) is 4.51. The minimum absolute atomic E-state index is 0.0142. The predicted octanol–water partition coefficient (Wildman–Crippen LogP) is 6.31. The molecule has 0 fully saturated rings. The molecule has 0 atom stereocenters. The van der Waals surface area contributed by atoms with Gasteiger partial charge in [-0.15, -0.1) is 6.42 Å². The number of aromatic amines is 1. The second-order valence-electron chi connectivity index (χ2n) is 6.47. The van der Waals surface area contributed by atoms with E-state index in [1.807, 2.05) is 31.2 Å². The van der Waals surface area contributed by atoms with Crippen LogP contribution in [0.3, 0.4) is 0 Å². The van der Waals surface area contributed by atoms with Crippen LogP contribution < -0.4 is 0 Å². The first-order chi connectivity index (χ1) is 13.9. The summed E-state index contributed by atoms with van der Waals surface area (Å²) in [4.78, 5) is 7.65. The zero-order valence-corrected chi connectivity index (χ0v) is 15.3. The molecule has 1 N–H and O–H groups in total. The standard InChI is InChI=1S/C23H15F3N2O/c1-3-15-8-10-16(11-9-15)21-14(2)27-22(28-21)20-13-12-19(29-20)17-6-4-5-7-18(17)23(24,25)26/h1,4-13H,2H3,(H,27,28).